The number of benzene rings is 3. The zero-order valence-corrected chi connectivity index (χ0v) is 15.5. The van der Waals surface area contributed by atoms with Crippen molar-refractivity contribution in [1.29, 1.82) is 0 Å². The van der Waals surface area contributed by atoms with Crippen LogP contribution in [0.3, 0.4) is 0 Å². The molecule has 0 atom stereocenters. The molecule has 0 unspecified atom stereocenters. The molecule has 6 nitrogen and oxygen atoms in total. The van der Waals surface area contributed by atoms with Crippen molar-refractivity contribution in [2.45, 2.75) is 5.41 Å². The fourth-order valence-electron chi connectivity index (χ4n) is 3.92. The van der Waals surface area contributed by atoms with Gasteiger partial charge in [-0.25, -0.2) is 4.98 Å². The molecule has 0 aliphatic heterocycles. The number of aromatic amines is 2. The van der Waals surface area contributed by atoms with E-state index >= 15 is 0 Å². The molecule has 0 bridgehead atoms. The van der Waals surface area contributed by atoms with Crippen molar-refractivity contribution in [1.82, 2.24) is 30.6 Å². The predicted octanol–water partition coefficient (Wildman–Crippen LogP) is 3.97. The van der Waals surface area contributed by atoms with Gasteiger partial charge in [0.25, 0.3) is 0 Å². The van der Waals surface area contributed by atoms with Gasteiger partial charge in [0.2, 0.25) is 5.82 Å². The van der Waals surface area contributed by atoms with Crippen LogP contribution in [0.25, 0.3) is 11.6 Å². The highest BCUT2D eigenvalue weighted by Crippen LogP contribution is 2.44. The fraction of sp³-hybridized carbons (Fsp3) is 0.0435. The summed E-state index contributed by atoms with van der Waals surface area (Å²) in [7, 11) is 0. The molecule has 2 heterocycles. The van der Waals surface area contributed by atoms with Crippen molar-refractivity contribution in [3.63, 3.8) is 0 Å². The van der Waals surface area contributed by atoms with Crippen LogP contribution in [0.2, 0.25) is 0 Å². The average Bonchev–Trinajstić information content (AvgIpc) is 3.49. The Hall–Kier alpha value is -4.06. The van der Waals surface area contributed by atoms with E-state index < -0.39 is 5.41 Å². The molecule has 6 heteroatoms. The summed E-state index contributed by atoms with van der Waals surface area (Å²) in [6.07, 6.45) is 1.86. The maximum Gasteiger partial charge on any atom is 0.239 e. The Bertz CT molecular complexity index is 1090. The number of rotatable bonds is 5. The first-order valence-corrected chi connectivity index (χ1v) is 9.35. The van der Waals surface area contributed by atoms with E-state index in [0.717, 1.165) is 22.4 Å². The third-order valence-corrected chi connectivity index (χ3v) is 5.16. The zero-order chi connectivity index (χ0) is 19.5. The van der Waals surface area contributed by atoms with Crippen LogP contribution in [-0.2, 0) is 5.41 Å². The van der Waals surface area contributed by atoms with Crippen molar-refractivity contribution < 1.29 is 0 Å². The molecule has 0 amide bonds. The van der Waals surface area contributed by atoms with Crippen molar-refractivity contribution in [2.75, 3.05) is 0 Å². The third-order valence-electron chi connectivity index (χ3n) is 5.16. The van der Waals surface area contributed by atoms with Gasteiger partial charge in [-0.3, -0.25) is 0 Å². The van der Waals surface area contributed by atoms with Gasteiger partial charge in [0.05, 0.1) is 17.3 Å². The lowest BCUT2D eigenvalue weighted by Crippen LogP contribution is -2.31. The molecule has 0 aliphatic carbocycles. The molecule has 0 saturated heterocycles. The first-order chi connectivity index (χ1) is 14.4. The first-order valence-electron chi connectivity index (χ1n) is 9.35. The summed E-state index contributed by atoms with van der Waals surface area (Å²) in [5.41, 5.74) is 3.78. The van der Waals surface area contributed by atoms with Crippen LogP contribution >= 0.6 is 0 Å². The summed E-state index contributed by atoms with van der Waals surface area (Å²) in [6, 6.07) is 31.3. The van der Waals surface area contributed by atoms with Gasteiger partial charge in [-0.05, 0) is 21.9 Å². The van der Waals surface area contributed by atoms with Gasteiger partial charge in [-0.1, -0.05) is 91.0 Å². The Morgan fingerprint density at radius 3 is 1.62 bits per heavy atom. The molecule has 3 aromatic carbocycles. The van der Waals surface area contributed by atoms with Crippen LogP contribution in [0.4, 0.5) is 0 Å². The zero-order valence-electron chi connectivity index (χ0n) is 15.5. The topological polar surface area (TPSA) is 83.1 Å². The minimum Gasteiger partial charge on any atom is -0.338 e. The number of nitrogens with zero attached hydrogens (tertiary/aromatic N) is 4. The van der Waals surface area contributed by atoms with Gasteiger partial charge in [-0.15, -0.1) is 10.2 Å². The Morgan fingerprint density at radius 1 is 0.655 bits per heavy atom. The highest BCUT2D eigenvalue weighted by atomic mass is 15.5. The lowest BCUT2D eigenvalue weighted by atomic mass is 9.67. The normalized spacial score (nSPS) is 11.4. The summed E-state index contributed by atoms with van der Waals surface area (Å²) in [4.78, 5) is 8.02. The van der Waals surface area contributed by atoms with Crippen LogP contribution in [-0.4, -0.2) is 30.6 Å². The minimum absolute atomic E-state index is 0.430. The Kier molecular flexibility index (Phi) is 4.22. The lowest BCUT2D eigenvalue weighted by Gasteiger charge is -2.35. The fourth-order valence-corrected chi connectivity index (χ4v) is 3.92. The highest BCUT2D eigenvalue weighted by molar-refractivity contribution is 5.59. The van der Waals surface area contributed by atoms with Crippen molar-refractivity contribution in [3.05, 3.63) is 120 Å². The molecule has 2 N–H and O–H groups in total. The van der Waals surface area contributed by atoms with Crippen LogP contribution in [0.5, 0.6) is 0 Å². The molecule has 0 spiro atoms. The Labute approximate surface area is 167 Å². The van der Waals surface area contributed by atoms with Crippen molar-refractivity contribution >= 4 is 0 Å². The highest BCUT2D eigenvalue weighted by Gasteiger charge is 2.40. The van der Waals surface area contributed by atoms with Gasteiger partial charge in [0.15, 0.2) is 5.82 Å². The lowest BCUT2D eigenvalue weighted by molar-refractivity contribution is 0.720. The van der Waals surface area contributed by atoms with Crippen LogP contribution in [0.1, 0.15) is 22.4 Å². The second-order valence-electron chi connectivity index (χ2n) is 6.73. The van der Waals surface area contributed by atoms with Gasteiger partial charge in [0, 0.05) is 0 Å². The minimum atomic E-state index is -0.571. The standard InChI is InChI=1S/C23H18N6/c1-4-10-17(11-5-1)23(18-12-6-2-7-13-18,19-14-8-3-9-15-19)20-16-24-21(25-20)22-26-28-29-27-22/h1-16H,(H,24,25)(H,26,27,28,29). The SMILES string of the molecule is c1ccc(C(c2ccccc2)(c2ccccc2)c2cnc(-c3nn[nH]n3)[nH]2)cc1. The molecule has 0 radical (unpaired) electrons. The van der Waals surface area contributed by atoms with Gasteiger partial charge in [-0.2, -0.15) is 5.21 Å². The first kappa shape index (κ1) is 17.1. The number of hydrogen-bond acceptors (Lipinski definition) is 4. The summed E-state index contributed by atoms with van der Waals surface area (Å²) in [6.45, 7) is 0. The molecule has 2 aromatic heterocycles. The van der Waals surface area contributed by atoms with Crippen LogP contribution < -0.4 is 0 Å². The summed E-state index contributed by atoms with van der Waals surface area (Å²) in [5, 5.41) is 14.2. The van der Waals surface area contributed by atoms with Crippen LogP contribution in [0.15, 0.2) is 97.2 Å². The second kappa shape index (κ2) is 7.16. The number of hydrogen-bond donors (Lipinski definition) is 2. The van der Waals surface area contributed by atoms with E-state index in [9.17, 15) is 0 Å². The summed E-state index contributed by atoms with van der Waals surface area (Å²) >= 11 is 0. The molecule has 29 heavy (non-hydrogen) atoms. The van der Waals surface area contributed by atoms with E-state index in [-0.39, 0.29) is 0 Å². The van der Waals surface area contributed by atoms with Gasteiger partial charge < -0.3 is 4.98 Å². The van der Waals surface area contributed by atoms with E-state index in [1.54, 1.807) is 0 Å². The number of aromatic nitrogens is 6. The average molecular weight is 378 g/mol. The molecular weight excluding hydrogens is 360 g/mol. The molecule has 5 aromatic rings. The number of tetrazole rings is 1. The van der Waals surface area contributed by atoms with E-state index in [1.165, 1.54) is 0 Å². The van der Waals surface area contributed by atoms with E-state index in [2.05, 4.69) is 103 Å². The second-order valence-corrected chi connectivity index (χ2v) is 6.73. The maximum absolute atomic E-state index is 4.56. The quantitative estimate of drug-likeness (QED) is 0.453. The summed E-state index contributed by atoms with van der Waals surface area (Å²) < 4.78 is 0. The maximum atomic E-state index is 4.56. The Balaban J connectivity index is 1.84. The van der Waals surface area contributed by atoms with E-state index in [4.69, 9.17) is 0 Å². The predicted molar refractivity (Wildman–Crippen MR) is 110 cm³/mol. The molecular formula is C23H18N6. The largest absolute Gasteiger partial charge is 0.338 e. The molecule has 0 aliphatic rings. The number of nitrogens with one attached hydrogen (secondary N) is 2. The van der Waals surface area contributed by atoms with Gasteiger partial charge >= 0.3 is 0 Å². The van der Waals surface area contributed by atoms with E-state index in [1.807, 2.05) is 24.4 Å². The molecule has 0 saturated carbocycles. The monoisotopic (exact) mass is 378 g/mol. The molecule has 0 fully saturated rings. The number of imidazole rings is 1. The summed E-state index contributed by atoms with van der Waals surface area (Å²) in [5.74, 6) is 1.00. The Morgan fingerprint density at radius 2 is 1.17 bits per heavy atom. The van der Waals surface area contributed by atoms with Crippen LogP contribution in [0, 0.1) is 0 Å². The number of H-pyrrole nitrogens is 2. The molecule has 5 rings (SSSR count). The molecule has 140 valence electrons. The smallest absolute Gasteiger partial charge is 0.239 e. The van der Waals surface area contributed by atoms with Gasteiger partial charge in [0.1, 0.15) is 0 Å². The third kappa shape index (κ3) is 2.82. The van der Waals surface area contributed by atoms with Crippen molar-refractivity contribution in [2.24, 2.45) is 0 Å². The van der Waals surface area contributed by atoms with Crippen molar-refractivity contribution in [3.8, 4) is 11.6 Å². The van der Waals surface area contributed by atoms with E-state index in [0.29, 0.717) is 11.6 Å².